The van der Waals surface area contributed by atoms with E-state index in [-0.39, 0.29) is 5.91 Å². The lowest BCUT2D eigenvalue weighted by molar-refractivity contribution is -0.103. The van der Waals surface area contributed by atoms with E-state index in [4.69, 9.17) is 16.7 Å². The van der Waals surface area contributed by atoms with Crippen LogP contribution in [0, 0.1) is 36.0 Å². The van der Waals surface area contributed by atoms with Gasteiger partial charge >= 0.3 is 0 Å². The van der Waals surface area contributed by atoms with Crippen LogP contribution in [0.4, 0.5) is 0 Å². The van der Waals surface area contributed by atoms with E-state index in [0.29, 0.717) is 22.9 Å². The number of allylic oxidation sites excluding steroid dienone is 4. The Bertz CT molecular complexity index is 1230. The number of amides is 1. The molecule has 2 aromatic rings. The summed E-state index contributed by atoms with van der Waals surface area (Å²) in [5.74, 6) is 2.56. The maximum atomic E-state index is 13.5. The summed E-state index contributed by atoms with van der Waals surface area (Å²) in [5, 5.41) is 8.95. The van der Waals surface area contributed by atoms with Crippen molar-refractivity contribution in [2.24, 2.45) is 29.1 Å². The summed E-state index contributed by atoms with van der Waals surface area (Å²) >= 11 is 8.57. The topological polar surface area (TPSA) is 46.9 Å². The number of rotatable bonds is 4. The number of carbonyl (C=O) groups is 1. The van der Waals surface area contributed by atoms with Gasteiger partial charge in [0.2, 0.25) is 0 Å². The van der Waals surface area contributed by atoms with E-state index in [1.54, 1.807) is 0 Å². The molecule has 2 bridgehead atoms. The summed E-state index contributed by atoms with van der Waals surface area (Å²) in [6, 6.07) is 2.25. The number of nitrogens with zero attached hydrogens (tertiary/aromatic N) is 2. The van der Waals surface area contributed by atoms with Crippen molar-refractivity contribution in [1.82, 2.24) is 15.1 Å². The maximum Gasteiger partial charge on any atom is 0.272 e. The predicted octanol–water partition coefficient (Wildman–Crippen LogP) is 6.82. The lowest BCUT2D eigenvalue weighted by atomic mass is 9.45. The average Bonchev–Trinajstić information content (AvgIpc) is 3.37. The molecule has 3 saturated carbocycles. The summed E-state index contributed by atoms with van der Waals surface area (Å²) in [7, 11) is 0. The summed E-state index contributed by atoms with van der Waals surface area (Å²) in [6.45, 7) is 9.90. The molecule has 5 aliphatic carbocycles. The van der Waals surface area contributed by atoms with Gasteiger partial charge in [-0.15, -0.1) is 11.3 Å². The highest BCUT2D eigenvalue weighted by Crippen LogP contribution is 2.61. The van der Waals surface area contributed by atoms with Crippen LogP contribution in [-0.2, 0) is 12.8 Å². The van der Waals surface area contributed by atoms with Crippen LogP contribution in [0.3, 0.4) is 0 Å². The third-order valence-corrected chi connectivity index (χ3v) is 10.5. The fourth-order valence-corrected chi connectivity index (χ4v) is 8.42. The molecule has 5 aliphatic rings. The molecule has 34 heavy (non-hydrogen) atoms. The van der Waals surface area contributed by atoms with Crippen molar-refractivity contribution in [3.05, 3.63) is 44.3 Å². The van der Waals surface area contributed by atoms with Crippen molar-refractivity contribution in [2.45, 2.75) is 66.2 Å². The Hall–Kier alpha value is -1.85. The average molecular weight is 496 g/mol. The number of carbonyl (C=O) groups excluding carboxylic acids is 1. The lowest BCUT2D eigenvalue weighted by Crippen LogP contribution is -2.54. The number of aryl methyl sites for hydroxylation is 2. The Morgan fingerprint density at radius 2 is 2.15 bits per heavy atom. The van der Waals surface area contributed by atoms with Gasteiger partial charge < -0.3 is 5.32 Å². The fourth-order valence-electron chi connectivity index (χ4n) is 7.01. The van der Waals surface area contributed by atoms with Crippen LogP contribution in [0.5, 0.6) is 0 Å². The number of fused-ring (bicyclic) bond motifs is 5. The van der Waals surface area contributed by atoms with Crippen LogP contribution in [0.2, 0.25) is 0 Å². The first kappa shape index (κ1) is 22.6. The summed E-state index contributed by atoms with van der Waals surface area (Å²) in [4.78, 5) is 16.2. The normalized spacial score (nSPS) is 28.9. The summed E-state index contributed by atoms with van der Waals surface area (Å²) in [6.07, 6.45) is 10.9. The summed E-state index contributed by atoms with van der Waals surface area (Å²) in [5.41, 5.74) is 5.25. The first-order valence-corrected chi connectivity index (χ1v) is 14.0. The molecular weight excluding hydrogens is 462 g/mol. The molecule has 0 aliphatic heterocycles. The van der Waals surface area contributed by atoms with Gasteiger partial charge in [-0.1, -0.05) is 44.5 Å². The molecule has 7 rings (SSSR count). The number of hydrogen-bond donors (Lipinski definition) is 1. The van der Waals surface area contributed by atoms with Crippen LogP contribution in [0.1, 0.15) is 72.3 Å². The van der Waals surface area contributed by atoms with Gasteiger partial charge in [0, 0.05) is 27.4 Å². The standard InChI is InChI=1S/C28H34ClN3OS/c1-15-5-9-23(22(29)11-15)32-26-19(8-10-24-20(26)12-16(2)34-24)25(31-32)27(33)30-14-17-6-7-18-13-21(17)28(18,3)4/h9,11-12,15,17-18,21H,5-8,10,13-14H2,1-4H3,(H,30,33). The number of hydrogen-bond acceptors (Lipinski definition) is 3. The Balaban J connectivity index is 1.33. The zero-order chi connectivity index (χ0) is 23.8. The molecule has 4 unspecified atom stereocenters. The van der Waals surface area contributed by atoms with Crippen molar-refractivity contribution >= 4 is 34.5 Å². The molecule has 2 heterocycles. The molecule has 0 saturated heterocycles. The van der Waals surface area contributed by atoms with E-state index in [1.807, 2.05) is 16.0 Å². The van der Waals surface area contributed by atoms with Crippen LogP contribution < -0.4 is 5.32 Å². The second-order valence-corrected chi connectivity index (χ2v) is 13.3. The van der Waals surface area contributed by atoms with E-state index in [2.05, 4.69) is 51.2 Å². The van der Waals surface area contributed by atoms with Crippen LogP contribution in [-0.4, -0.2) is 22.2 Å². The van der Waals surface area contributed by atoms with Crippen molar-refractivity contribution in [1.29, 1.82) is 0 Å². The minimum atomic E-state index is -0.0328. The van der Waals surface area contributed by atoms with Gasteiger partial charge in [-0.2, -0.15) is 5.10 Å². The SMILES string of the molecule is Cc1cc2c(s1)CCc1c(C(=O)NCC3CCC4CC3C4(C)C)nn(C3=CCC(C)C=C3Cl)c1-2. The number of nitrogens with one attached hydrogen (secondary N) is 1. The zero-order valence-electron chi connectivity index (χ0n) is 20.6. The van der Waals surface area contributed by atoms with E-state index in [9.17, 15) is 4.79 Å². The largest absolute Gasteiger partial charge is 0.350 e. The number of aromatic nitrogens is 2. The zero-order valence-corrected chi connectivity index (χ0v) is 22.2. The highest BCUT2D eigenvalue weighted by Gasteiger charge is 2.54. The highest BCUT2D eigenvalue weighted by molar-refractivity contribution is 7.12. The minimum Gasteiger partial charge on any atom is -0.350 e. The molecule has 4 nitrogen and oxygen atoms in total. The third kappa shape index (κ3) is 3.45. The van der Waals surface area contributed by atoms with E-state index in [1.165, 1.54) is 34.6 Å². The molecule has 180 valence electrons. The van der Waals surface area contributed by atoms with Crippen molar-refractivity contribution in [2.75, 3.05) is 6.54 Å². The predicted molar refractivity (Wildman–Crippen MR) is 140 cm³/mol. The van der Waals surface area contributed by atoms with Crippen molar-refractivity contribution in [3.8, 4) is 11.3 Å². The molecule has 0 radical (unpaired) electrons. The van der Waals surface area contributed by atoms with Gasteiger partial charge in [0.05, 0.1) is 16.4 Å². The van der Waals surface area contributed by atoms with Gasteiger partial charge in [0.25, 0.3) is 5.91 Å². The molecular formula is C28H34ClN3OS. The van der Waals surface area contributed by atoms with Gasteiger partial charge in [-0.3, -0.25) is 4.79 Å². The molecule has 6 heteroatoms. The van der Waals surface area contributed by atoms with E-state index < -0.39 is 0 Å². The molecule has 0 aromatic carbocycles. The molecule has 1 N–H and O–H groups in total. The Morgan fingerprint density at radius 1 is 1.32 bits per heavy atom. The smallest absolute Gasteiger partial charge is 0.272 e. The molecule has 3 fully saturated rings. The van der Waals surface area contributed by atoms with E-state index >= 15 is 0 Å². The van der Waals surface area contributed by atoms with Gasteiger partial charge in [0.1, 0.15) is 0 Å². The molecule has 2 aromatic heterocycles. The summed E-state index contributed by atoms with van der Waals surface area (Å²) < 4.78 is 1.96. The maximum absolute atomic E-state index is 13.5. The molecule has 1 amide bonds. The van der Waals surface area contributed by atoms with Crippen LogP contribution in [0.25, 0.3) is 17.0 Å². The van der Waals surface area contributed by atoms with Gasteiger partial charge in [-0.25, -0.2) is 4.68 Å². The quantitative estimate of drug-likeness (QED) is 0.505. The first-order chi connectivity index (χ1) is 16.2. The highest BCUT2D eigenvalue weighted by atomic mass is 35.5. The van der Waals surface area contributed by atoms with Gasteiger partial charge in [0.15, 0.2) is 5.69 Å². The lowest BCUT2D eigenvalue weighted by Gasteiger charge is -2.60. The number of halogens is 1. The third-order valence-electron chi connectivity index (χ3n) is 9.10. The second kappa shape index (κ2) is 8.09. The van der Waals surface area contributed by atoms with Gasteiger partial charge in [-0.05, 0) is 80.6 Å². The Morgan fingerprint density at radius 3 is 2.88 bits per heavy atom. The van der Waals surface area contributed by atoms with Crippen molar-refractivity contribution in [3.63, 3.8) is 0 Å². The molecule has 0 spiro atoms. The van der Waals surface area contributed by atoms with Crippen LogP contribution in [0.15, 0.2) is 23.3 Å². The monoisotopic (exact) mass is 495 g/mol. The Kier molecular flexibility index (Phi) is 5.38. The molecule has 4 atom stereocenters. The number of thiophene rings is 1. The van der Waals surface area contributed by atoms with E-state index in [0.717, 1.165) is 59.6 Å². The minimum absolute atomic E-state index is 0.0328. The van der Waals surface area contributed by atoms with Crippen molar-refractivity contribution < 1.29 is 4.79 Å². The van der Waals surface area contributed by atoms with Crippen LogP contribution >= 0.6 is 22.9 Å². The Labute approximate surface area is 211 Å². The second-order valence-electron chi connectivity index (χ2n) is 11.5. The fraction of sp³-hybridized carbons (Fsp3) is 0.571. The first-order valence-electron chi connectivity index (χ1n) is 12.8.